The van der Waals surface area contributed by atoms with Crippen molar-refractivity contribution in [3.8, 4) is 0 Å². The van der Waals surface area contributed by atoms with Gasteiger partial charge in [-0.3, -0.25) is 9.59 Å². The molecule has 4 rings (SSSR count). The lowest BCUT2D eigenvalue weighted by molar-refractivity contribution is -0.141. The van der Waals surface area contributed by atoms with Crippen molar-refractivity contribution < 1.29 is 9.59 Å². The van der Waals surface area contributed by atoms with E-state index in [1.165, 1.54) is 25.7 Å². The van der Waals surface area contributed by atoms with E-state index in [1.54, 1.807) is 0 Å². The van der Waals surface area contributed by atoms with Crippen LogP contribution in [0.15, 0.2) is 0 Å². The molecule has 2 aliphatic heterocycles. The Bertz CT molecular complexity index is 490. The number of amides is 2. The van der Waals surface area contributed by atoms with E-state index in [4.69, 9.17) is 0 Å². The number of nitrogens with zero attached hydrogens (tertiary/aromatic N) is 2. The molecule has 24 heavy (non-hydrogen) atoms. The summed E-state index contributed by atoms with van der Waals surface area (Å²) in [6.45, 7) is 2.60. The Kier molecular flexibility index (Phi) is 4.81. The van der Waals surface area contributed by atoms with Gasteiger partial charge in [0.25, 0.3) is 0 Å². The molecule has 4 aliphatic rings. The summed E-state index contributed by atoms with van der Waals surface area (Å²) in [7, 11) is 0. The first-order chi connectivity index (χ1) is 11.7. The second-order valence-corrected chi connectivity index (χ2v) is 9.53. The lowest BCUT2D eigenvalue weighted by Crippen LogP contribution is -2.55. The maximum Gasteiger partial charge on any atom is 0.226 e. The van der Waals surface area contributed by atoms with E-state index >= 15 is 0 Å². The normalized spacial score (nSPS) is 28.2. The number of hydrogen-bond acceptors (Lipinski definition) is 3. The Morgan fingerprint density at radius 2 is 1.33 bits per heavy atom. The number of piperidine rings is 1. The fourth-order valence-corrected chi connectivity index (χ4v) is 6.70. The van der Waals surface area contributed by atoms with Gasteiger partial charge in [-0.1, -0.05) is 25.7 Å². The molecule has 0 aromatic rings. The van der Waals surface area contributed by atoms with Gasteiger partial charge in [-0.25, -0.2) is 0 Å². The van der Waals surface area contributed by atoms with Gasteiger partial charge in [0.15, 0.2) is 0 Å². The van der Waals surface area contributed by atoms with Crippen LogP contribution in [0, 0.1) is 11.8 Å². The molecule has 0 atom stereocenters. The van der Waals surface area contributed by atoms with E-state index in [-0.39, 0.29) is 16.7 Å². The zero-order chi connectivity index (χ0) is 16.6. The number of carbonyl (C=O) groups is 2. The van der Waals surface area contributed by atoms with Gasteiger partial charge >= 0.3 is 0 Å². The van der Waals surface area contributed by atoms with Crippen molar-refractivity contribution in [2.75, 3.05) is 25.4 Å². The molecular formula is C19H30N2O2S. The van der Waals surface area contributed by atoms with Gasteiger partial charge in [-0.05, 0) is 38.5 Å². The third-order valence-electron chi connectivity index (χ3n) is 6.71. The SMILES string of the molecule is O=C(C1CCCC1)N1CCC2(CC1)SCCN2C(=O)C1CCCC1. The van der Waals surface area contributed by atoms with Gasteiger partial charge in [0.2, 0.25) is 11.8 Å². The molecule has 2 saturated heterocycles. The maximum absolute atomic E-state index is 13.0. The van der Waals surface area contributed by atoms with Crippen molar-refractivity contribution in [1.82, 2.24) is 9.80 Å². The Morgan fingerprint density at radius 3 is 1.92 bits per heavy atom. The van der Waals surface area contributed by atoms with Gasteiger partial charge in [0.05, 0.1) is 4.87 Å². The molecule has 134 valence electrons. The molecule has 0 aromatic carbocycles. The van der Waals surface area contributed by atoms with Crippen LogP contribution in [0.5, 0.6) is 0 Å². The van der Waals surface area contributed by atoms with Crippen LogP contribution in [0.25, 0.3) is 0 Å². The van der Waals surface area contributed by atoms with E-state index in [0.717, 1.165) is 63.9 Å². The molecule has 0 unspecified atom stereocenters. The predicted molar refractivity (Wildman–Crippen MR) is 96.6 cm³/mol. The molecular weight excluding hydrogens is 320 g/mol. The molecule has 4 nitrogen and oxygen atoms in total. The molecule has 0 aromatic heterocycles. The summed E-state index contributed by atoms with van der Waals surface area (Å²) in [6.07, 6.45) is 11.1. The quantitative estimate of drug-likeness (QED) is 0.767. The van der Waals surface area contributed by atoms with E-state index < -0.39 is 0 Å². The minimum atomic E-state index is -0.00781. The summed E-state index contributed by atoms with van der Waals surface area (Å²) in [5.41, 5.74) is 0. The second kappa shape index (κ2) is 6.89. The van der Waals surface area contributed by atoms with Gasteiger partial charge in [0.1, 0.15) is 0 Å². The number of thioether (sulfide) groups is 1. The summed E-state index contributed by atoms with van der Waals surface area (Å²) in [5, 5.41) is 0. The first kappa shape index (κ1) is 16.7. The number of rotatable bonds is 2. The number of hydrogen-bond donors (Lipinski definition) is 0. The Morgan fingerprint density at radius 1 is 0.792 bits per heavy atom. The van der Waals surface area contributed by atoms with Crippen LogP contribution < -0.4 is 0 Å². The highest BCUT2D eigenvalue weighted by Crippen LogP contribution is 2.46. The highest BCUT2D eigenvalue weighted by Gasteiger charge is 2.48. The van der Waals surface area contributed by atoms with Crippen molar-refractivity contribution in [3.05, 3.63) is 0 Å². The molecule has 0 bridgehead atoms. The third kappa shape index (κ3) is 2.97. The smallest absolute Gasteiger partial charge is 0.226 e. The van der Waals surface area contributed by atoms with Crippen LogP contribution >= 0.6 is 11.8 Å². The van der Waals surface area contributed by atoms with E-state index in [2.05, 4.69) is 9.80 Å². The van der Waals surface area contributed by atoms with Crippen LogP contribution in [0.1, 0.15) is 64.2 Å². The fourth-order valence-electron chi connectivity index (χ4n) is 5.23. The van der Waals surface area contributed by atoms with Crippen molar-refractivity contribution in [2.45, 2.75) is 69.1 Å². The third-order valence-corrected chi connectivity index (χ3v) is 8.26. The highest BCUT2D eigenvalue weighted by atomic mass is 32.2. The van der Waals surface area contributed by atoms with Crippen molar-refractivity contribution >= 4 is 23.6 Å². The monoisotopic (exact) mass is 350 g/mol. The molecule has 0 N–H and O–H groups in total. The Hall–Kier alpha value is -0.710. The minimum Gasteiger partial charge on any atom is -0.342 e. The molecule has 2 heterocycles. The average Bonchev–Trinajstić information content (AvgIpc) is 3.36. The van der Waals surface area contributed by atoms with Crippen molar-refractivity contribution in [2.24, 2.45) is 11.8 Å². The predicted octanol–water partition coefficient (Wildman–Crippen LogP) is 3.26. The van der Waals surface area contributed by atoms with Crippen molar-refractivity contribution in [1.29, 1.82) is 0 Å². The zero-order valence-corrected chi connectivity index (χ0v) is 15.5. The molecule has 2 saturated carbocycles. The van der Waals surface area contributed by atoms with Gasteiger partial charge in [0, 0.05) is 37.2 Å². The van der Waals surface area contributed by atoms with E-state index in [1.807, 2.05) is 11.8 Å². The fraction of sp³-hybridized carbons (Fsp3) is 0.895. The van der Waals surface area contributed by atoms with E-state index in [0.29, 0.717) is 11.8 Å². The highest BCUT2D eigenvalue weighted by molar-refractivity contribution is 8.00. The minimum absolute atomic E-state index is 0.00781. The number of likely N-dealkylation sites (tertiary alicyclic amines) is 1. The van der Waals surface area contributed by atoms with Gasteiger partial charge < -0.3 is 9.80 Å². The summed E-state index contributed by atoms with van der Waals surface area (Å²) in [5.74, 6) is 2.42. The van der Waals surface area contributed by atoms with Crippen LogP contribution in [-0.4, -0.2) is 51.9 Å². The molecule has 1 spiro atoms. The lowest BCUT2D eigenvalue weighted by Gasteiger charge is -2.45. The first-order valence-electron chi connectivity index (χ1n) is 9.94. The lowest BCUT2D eigenvalue weighted by atomic mass is 9.97. The van der Waals surface area contributed by atoms with Crippen LogP contribution in [-0.2, 0) is 9.59 Å². The Balaban J connectivity index is 1.39. The molecule has 4 fully saturated rings. The summed E-state index contributed by atoms with van der Waals surface area (Å²) < 4.78 is 0. The van der Waals surface area contributed by atoms with E-state index in [9.17, 15) is 9.59 Å². The maximum atomic E-state index is 13.0. The summed E-state index contributed by atoms with van der Waals surface area (Å²) in [6, 6.07) is 0. The van der Waals surface area contributed by atoms with Gasteiger partial charge in [-0.2, -0.15) is 0 Å². The number of carbonyl (C=O) groups excluding carboxylic acids is 2. The van der Waals surface area contributed by atoms with Gasteiger partial charge in [-0.15, -0.1) is 11.8 Å². The molecule has 0 radical (unpaired) electrons. The zero-order valence-electron chi connectivity index (χ0n) is 14.7. The van der Waals surface area contributed by atoms with Crippen LogP contribution in [0.3, 0.4) is 0 Å². The largest absolute Gasteiger partial charge is 0.342 e. The Labute approximate surface area is 149 Å². The van der Waals surface area contributed by atoms with Crippen molar-refractivity contribution in [3.63, 3.8) is 0 Å². The molecule has 5 heteroatoms. The molecule has 2 aliphatic carbocycles. The van der Waals surface area contributed by atoms with Crippen LogP contribution in [0.2, 0.25) is 0 Å². The first-order valence-corrected chi connectivity index (χ1v) is 10.9. The standard InChI is InChI=1S/C19H30N2O2S/c22-17(15-5-1-2-6-15)20-11-9-19(10-12-20)21(13-14-24-19)18(23)16-7-3-4-8-16/h15-16H,1-14H2. The van der Waals surface area contributed by atoms with Crippen LogP contribution in [0.4, 0.5) is 0 Å². The second-order valence-electron chi connectivity index (χ2n) is 8.07. The summed E-state index contributed by atoms with van der Waals surface area (Å²) in [4.78, 5) is 29.9. The molecule has 2 amide bonds. The topological polar surface area (TPSA) is 40.6 Å². The average molecular weight is 351 g/mol. The summed E-state index contributed by atoms with van der Waals surface area (Å²) >= 11 is 1.97.